The zero-order valence-corrected chi connectivity index (χ0v) is 13.2. The summed E-state index contributed by atoms with van der Waals surface area (Å²) in [5.74, 6) is -0.0792. The zero-order valence-electron chi connectivity index (χ0n) is 11.7. The molecule has 0 aliphatic carbocycles. The molecule has 0 saturated heterocycles. The zero-order chi connectivity index (χ0) is 15.0. The van der Waals surface area contributed by atoms with Crippen molar-refractivity contribution in [3.63, 3.8) is 0 Å². The van der Waals surface area contributed by atoms with E-state index in [1.54, 1.807) is 12.1 Å². The Morgan fingerprint density at radius 2 is 1.90 bits per heavy atom. The van der Waals surface area contributed by atoms with Crippen LogP contribution in [-0.4, -0.2) is 18.7 Å². The van der Waals surface area contributed by atoms with Gasteiger partial charge >= 0.3 is 0 Å². The molecular formula is C16H16Cl2N2O. The molecule has 0 saturated carbocycles. The molecule has 0 amide bonds. The molecule has 1 heterocycles. The minimum Gasteiger partial charge on any atom is -0.505 e. The van der Waals surface area contributed by atoms with Gasteiger partial charge in [0.1, 0.15) is 0 Å². The summed E-state index contributed by atoms with van der Waals surface area (Å²) < 4.78 is 0. The number of aromatic hydroxyl groups is 1. The molecule has 0 aromatic heterocycles. The molecule has 0 atom stereocenters. The van der Waals surface area contributed by atoms with Crippen molar-refractivity contribution in [2.75, 3.05) is 23.8 Å². The Morgan fingerprint density at radius 3 is 2.62 bits per heavy atom. The summed E-state index contributed by atoms with van der Waals surface area (Å²) in [6.07, 6.45) is 1.09. The number of anilines is 2. The second-order valence-electron chi connectivity index (χ2n) is 5.28. The van der Waals surface area contributed by atoms with Crippen LogP contribution in [0.25, 0.3) is 0 Å². The number of fused-ring (bicyclic) bond motifs is 1. The summed E-state index contributed by atoms with van der Waals surface area (Å²) >= 11 is 11.8. The standard InChI is InChI=1S/C16H16Cl2N2O/c1-20-5-4-11-6-10(2-3-15(11)20)9-19-12-7-13(17)16(21)14(18)8-12/h2-3,6-8,19,21H,4-5,9H2,1H3. The number of phenolic OH excluding ortho intramolecular Hbond substituents is 1. The van der Waals surface area contributed by atoms with Crippen molar-refractivity contribution in [1.82, 2.24) is 0 Å². The van der Waals surface area contributed by atoms with Crippen LogP contribution >= 0.6 is 23.2 Å². The highest BCUT2D eigenvalue weighted by molar-refractivity contribution is 6.37. The number of nitrogens with one attached hydrogen (secondary N) is 1. The number of rotatable bonds is 3. The van der Waals surface area contributed by atoms with Crippen LogP contribution in [0.5, 0.6) is 5.75 Å². The fourth-order valence-electron chi connectivity index (χ4n) is 2.60. The molecule has 3 nitrogen and oxygen atoms in total. The molecule has 0 bridgehead atoms. The number of nitrogens with zero attached hydrogens (tertiary/aromatic N) is 1. The van der Waals surface area contributed by atoms with Gasteiger partial charge in [0, 0.05) is 31.5 Å². The first-order valence-corrected chi connectivity index (χ1v) is 7.55. The Balaban J connectivity index is 1.74. The lowest BCUT2D eigenvalue weighted by Gasteiger charge is -2.13. The van der Waals surface area contributed by atoms with E-state index in [9.17, 15) is 5.11 Å². The molecule has 110 valence electrons. The van der Waals surface area contributed by atoms with Crippen LogP contribution in [0.1, 0.15) is 11.1 Å². The molecule has 21 heavy (non-hydrogen) atoms. The van der Waals surface area contributed by atoms with Gasteiger partial charge in [0.2, 0.25) is 0 Å². The Hall–Kier alpha value is -1.58. The SMILES string of the molecule is CN1CCc2cc(CNc3cc(Cl)c(O)c(Cl)c3)ccc21. The van der Waals surface area contributed by atoms with Crippen molar-refractivity contribution in [2.45, 2.75) is 13.0 Å². The van der Waals surface area contributed by atoms with Crippen molar-refractivity contribution >= 4 is 34.6 Å². The average Bonchev–Trinajstić information content (AvgIpc) is 2.83. The first-order chi connectivity index (χ1) is 10.0. The van der Waals surface area contributed by atoms with Gasteiger partial charge in [-0.25, -0.2) is 0 Å². The number of likely N-dealkylation sites (N-methyl/N-ethyl adjacent to an activating group) is 1. The van der Waals surface area contributed by atoms with E-state index in [1.165, 1.54) is 16.8 Å². The summed E-state index contributed by atoms with van der Waals surface area (Å²) in [7, 11) is 2.12. The first-order valence-electron chi connectivity index (χ1n) is 6.79. The van der Waals surface area contributed by atoms with Crippen LogP contribution in [0.15, 0.2) is 30.3 Å². The summed E-state index contributed by atoms with van der Waals surface area (Å²) in [5, 5.41) is 13.3. The van der Waals surface area contributed by atoms with Gasteiger partial charge < -0.3 is 15.3 Å². The predicted molar refractivity (Wildman–Crippen MR) is 88.9 cm³/mol. The van der Waals surface area contributed by atoms with Crippen molar-refractivity contribution in [2.24, 2.45) is 0 Å². The summed E-state index contributed by atoms with van der Waals surface area (Å²) in [6, 6.07) is 9.86. The third-order valence-corrected chi connectivity index (χ3v) is 4.36. The summed E-state index contributed by atoms with van der Waals surface area (Å²) in [6.45, 7) is 1.77. The van der Waals surface area contributed by atoms with Crippen molar-refractivity contribution in [1.29, 1.82) is 0 Å². The lowest BCUT2D eigenvalue weighted by Crippen LogP contribution is -2.12. The largest absolute Gasteiger partial charge is 0.505 e. The number of hydrogen-bond acceptors (Lipinski definition) is 3. The first kappa shape index (κ1) is 14.4. The Kier molecular flexibility index (Phi) is 3.87. The molecule has 0 radical (unpaired) electrons. The van der Waals surface area contributed by atoms with E-state index in [1.807, 2.05) is 0 Å². The molecule has 0 spiro atoms. The lowest BCUT2D eigenvalue weighted by molar-refractivity contribution is 0.476. The molecule has 0 fully saturated rings. The van der Waals surface area contributed by atoms with Crippen LogP contribution < -0.4 is 10.2 Å². The third kappa shape index (κ3) is 2.89. The molecule has 3 rings (SSSR count). The minimum atomic E-state index is -0.0792. The normalized spacial score (nSPS) is 13.4. The van der Waals surface area contributed by atoms with E-state index in [-0.39, 0.29) is 15.8 Å². The maximum atomic E-state index is 9.55. The van der Waals surface area contributed by atoms with Crippen molar-refractivity contribution < 1.29 is 5.11 Å². The monoisotopic (exact) mass is 322 g/mol. The van der Waals surface area contributed by atoms with E-state index in [4.69, 9.17) is 23.2 Å². The van der Waals surface area contributed by atoms with Crippen LogP contribution in [0.3, 0.4) is 0 Å². The molecule has 0 unspecified atom stereocenters. The van der Waals surface area contributed by atoms with Gasteiger partial charge in [0.25, 0.3) is 0 Å². The number of halogens is 2. The number of phenols is 1. The Morgan fingerprint density at radius 1 is 1.19 bits per heavy atom. The quantitative estimate of drug-likeness (QED) is 0.827. The average molecular weight is 323 g/mol. The van der Waals surface area contributed by atoms with Gasteiger partial charge in [0.05, 0.1) is 10.0 Å². The molecule has 1 aliphatic heterocycles. The second kappa shape index (κ2) is 5.66. The lowest BCUT2D eigenvalue weighted by atomic mass is 10.1. The Bertz CT molecular complexity index is 665. The fourth-order valence-corrected chi connectivity index (χ4v) is 3.09. The van der Waals surface area contributed by atoms with Gasteiger partial charge in [-0.1, -0.05) is 35.3 Å². The van der Waals surface area contributed by atoms with E-state index in [0.29, 0.717) is 6.54 Å². The van der Waals surface area contributed by atoms with E-state index < -0.39 is 0 Å². The number of hydrogen-bond donors (Lipinski definition) is 2. The smallest absolute Gasteiger partial charge is 0.152 e. The summed E-state index contributed by atoms with van der Waals surface area (Å²) in [4.78, 5) is 2.27. The fraction of sp³-hybridized carbons (Fsp3) is 0.250. The maximum absolute atomic E-state index is 9.55. The molecular weight excluding hydrogens is 307 g/mol. The van der Waals surface area contributed by atoms with E-state index in [2.05, 4.69) is 35.5 Å². The van der Waals surface area contributed by atoms with Gasteiger partial charge in [-0.15, -0.1) is 0 Å². The van der Waals surface area contributed by atoms with E-state index >= 15 is 0 Å². The van der Waals surface area contributed by atoms with Gasteiger partial charge in [0.15, 0.2) is 5.75 Å². The predicted octanol–water partition coefficient (Wildman–Crippen LogP) is 4.30. The van der Waals surface area contributed by atoms with Gasteiger partial charge in [-0.3, -0.25) is 0 Å². The van der Waals surface area contributed by atoms with Crippen LogP contribution in [0, 0.1) is 0 Å². The highest BCUT2D eigenvalue weighted by Crippen LogP contribution is 2.35. The third-order valence-electron chi connectivity index (χ3n) is 3.79. The topological polar surface area (TPSA) is 35.5 Å². The molecule has 1 aliphatic rings. The van der Waals surface area contributed by atoms with Gasteiger partial charge in [-0.05, 0) is 35.7 Å². The van der Waals surface area contributed by atoms with Crippen LogP contribution in [0.4, 0.5) is 11.4 Å². The second-order valence-corrected chi connectivity index (χ2v) is 6.09. The maximum Gasteiger partial charge on any atom is 0.152 e. The highest BCUT2D eigenvalue weighted by Gasteiger charge is 2.15. The van der Waals surface area contributed by atoms with E-state index in [0.717, 1.165) is 18.7 Å². The van der Waals surface area contributed by atoms with Gasteiger partial charge in [-0.2, -0.15) is 0 Å². The highest BCUT2D eigenvalue weighted by atomic mass is 35.5. The molecule has 2 aromatic rings. The van der Waals surface area contributed by atoms with Crippen molar-refractivity contribution in [3.05, 3.63) is 51.5 Å². The molecule has 5 heteroatoms. The Labute approximate surface area is 134 Å². The summed E-state index contributed by atoms with van der Waals surface area (Å²) in [5.41, 5.74) is 4.71. The molecule has 2 aromatic carbocycles. The van der Waals surface area contributed by atoms with Crippen LogP contribution in [-0.2, 0) is 13.0 Å². The minimum absolute atomic E-state index is 0.0792. The van der Waals surface area contributed by atoms with Crippen molar-refractivity contribution in [3.8, 4) is 5.75 Å². The van der Waals surface area contributed by atoms with Crippen LogP contribution in [0.2, 0.25) is 10.0 Å². The molecule has 2 N–H and O–H groups in total. The number of benzene rings is 2.